The van der Waals surface area contributed by atoms with Crippen molar-refractivity contribution in [1.82, 2.24) is 15.4 Å². The lowest BCUT2D eigenvalue weighted by molar-refractivity contribution is -0.129. The molecule has 1 aromatic heterocycles. The number of hydrogen-bond acceptors (Lipinski definition) is 4. The van der Waals surface area contributed by atoms with Crippen LogP contribution in [0.2, 0.25) is 0 Å². The molecule has 26 heavy (non-hydrogen) atoms. The van der Waals surface area contributed by atoms with Gasteiger partial charge in [0.25, 0.3) is 0 Å². The number of imidazole rings is 1. The average molecular weight is 401 g/mol. The quantitative estimate of drug-likeness (QED) is 0.218. The maximum Gasteiger partial charge on any atom is 0.243 e. The number of aromatic nitrogens is 2. The van der Waals surface area contributed by atoms with Crippen molar-refractivity contribution >= 4 is 45.8 Å². The predicted molar refractivity (Wildman–Crippen MR) is 106 cm³/mol. The fourth-order valence-corrected chi connectivity index (χ4v) is 3.34. The van der Waals surface area contributed by atoms with E-state index in [0.717, 1.165) is 67.7 Å². The number of rotatable bonds is 12. The molecule has 0 fully saturated rings. The summed E-state index contributed by atoms with van der Waals surface area (Å²) in [5.41, 5.74) is 4.72. The fraction of sp³-hybridized carbons (Fsp3) is 0.556. The fourth-order valence-electron chi connectivity index (χ4n) is 2.93. The number of unbranched alkanes of at least 4 members (excludes halogenated alkanes) is 3. The first-order chi connectivity index (χ1) is 12.7. The van der Waals surface area contributed by atoms with Crippen LogP contribution in [0.5, 0.6) is 0 Å². The first-order valence-corrected chi connectivity index (χ1v) is 10.0. The zero-order valence-corrected chi connectivity index (χ0v) is 16.3. The van der Waals surface area contributed by atoms with Gasteiger partial charge in [-0.25, -0.2) is 10.5 Å². The zero-order chi connectivity index (χ0) is 18.8. The molecule has 3 N–H and O–H groups in total. The molecule has 1 aromatic carbocycles. The van der Waals surface area contributed by atoms with Crippen LogP contribution in [0.15, 0.2) is 18.2 Å². The SMILES string of the molecule is O=C(CCCCCCc1nc2ccc(N(CCCl)CCCl)cc2[nH]1)NO. The standard InChI is InChI=1S/C18H26Cl2N4O2/c19-9-11-24(12-10-20)14-7-8-15-16(13-14)22-17(21-15)5-3-1-2-4-6-18(25)23-26/h7-8,13,26H,1-6,9-12H2,(H,21,22)(H,23,25). The Morgan fingerprint density at radius 1 is 1.15 bits per heavy atom. The molecule has 0 radical (unpaired) electrons. The van der Waals surface area contributed by atoms with E-state index in [9.17, 15) is 4.79 Å². The number of H-pyrrole nitrogens is 1. The van der Waals surface area contributed by atoms with Crippen LogP contribution in [0.1, 0.15) is 37.9 Å². The van der Waals surface area contributed by atoms with Crippen LogP contribution in [0, 0.1) is 0 Å². The third-order valence-corrected chi connectivity index (χ3v) is 4.62. The summed E-state index contributed by atoms with van der Waals surface area (Å²) >= 11 is 11.8. The molecule has 8 heteroatoms. The normalized spacial score (nSPS) is 11.0. The Labute approximate surface area is 163 Å². The number of amides is 1. The highest BCUT2D eigenvalue weighted by molar-refractivity contribution is 6.18. The number of benzene rings is 1. The molecule has 2 aromatic rings. The Kier molecular flexibility index (Phi) is 9.01. The number of fused-ring (bicyclic) bond motifs is 1. The lowest BCUT2D eigenvalue weighted by atomic mass is 10.1. The van der Waals surface area contributed by atoms with Crippen LogP contribution >= 0.6 is 23.2 Å². The van der Waals surface area contributed by atoms with Gasteiger partial charge in [-0.05, 0) is 31.0 Å². The Morgan fingerprint density at radius 3 is 2.58 bits per heavy atom. The molecule has 0 spiro atoms. The highest BCUT2D eigenvalue weighted by atomic mass is 35.5. The van der Waals surface area contributed by atoms with E-state index in [1.807, 2.05) is 6.07 Å². The maximum absolute atomic E-state index is 10.9. The maximum atomic E-state index is 10.9. The number of aromatic amines is 1. The highest BCUT2D eigenvalue weighted by Gasteiger charge is 2.09. The van der Waals surface area contributed by atoms with Crippen LogP contribution in [0.4, 0.5) is 5.69 Å². The molecule has 1 amide bonds. The summed E-state index contributed by atoms with van der Waals surface area (Å²) in [5.74, 6) is 1.77. The summed E-state index contributed by atoms with van der Waals surface area (Å²) in [6.07, 6.45) is 5.03. The molecule has 0 aliphatic heterocycles. The molecular weight excluding hydrogens is 375 g/mol. The van der Waals surface area contributed by atoms with Gasteiger partial charge in [0, 0.05) is 43.4 Å². The lowest BCUT2D eigenvalue weighted by Crippen LogP contribution is -2.27. The van der Waals surface area contributed by atoms with Crippen LogP contribution in [0.25, 0.3) is 11.0 Å². The molecule has 144 valence electrons. The number of alkyl halides is 2. The number of anilines is 1. The third-order valence-electron chi connectivity index (χ3n) is 4.28. The van der Waals surface area contributed by atoms with Gasteiger partial charge in [0.2, 0.25) is 5.91 Å². The van der Waals surface area contributed by atoms with Crippen molar-refractivity contribution in [2.45, 2.75) is 38.5 Å². The van der Waals surface area contributed by atoms with Crippen molar-refractivity contribution in [1.29, 1.82) is 0 Å². The second kappa shape index (κ2) is 11.3. The zero-order valence-electron chi connectivity index (χ0n) is 14.8. The number of hydrogen-bond donors (Lipinski definition) is 3. The number of carbonyl (C=O) groups excluding carboxylic acids is 1. The Bertz CT molecular complexity index is 687. The molecule has 0 aliphatic rings. The largest absolute Gasteiger partial charge is 0.369 e. The molecule has 1 heterocycles. The molecule has 2 rings (SSSR count). The van der Waals surface area contributed by atoms with E-state index >= 15 is 0 Å². The molecule has 0 atom stereocenters. The summed E-state index contributed by atoms with van der Waals surface area (Å²) < 4.78 is 0. The number of carbonyl (C=O) groups is 1. The summed E-state index contributed by atoms with van der Waals surface area (Å²) in [5, 5.41) is 8.44. The number of hydroxylamine groups is 1. The number of nitrogens with one attached hydrogen (secondary N) is 2. The minimum atomic E-state index is -0.324. The van der Waals surface area contributed by atoms with E-state index in [1.165, 1.54) is 0 Å². The van der Waals surface area contributed by atoms with Crippen molar-refractivity contribution in [3.05, 3.63) is 24.0 Å². The van der Waals surface area contributed by atoms with E-state index in [2.05, 4.69) is 27.0 Å². The minimum Gasteiger partial charge on any atom is -0.369 e. The molecular formula is C18H26Cl2N4O2. The van der Waals surface area contributed by atoms with Crippen molar-refractivity contribution in [3.8, 4) is 0 Å². The topological polar surface area (TPSA) is 81.2 Å². The molecule has 0 bridgehead atoms. The van der Waals surface area contributed by atoms with Gasteiger partial charge in [0.1, 0.15) is 5.82 Å². The van der Waals surface area contributed by atoms with Crippen LogP contribution in [-0.4, -0.2) is 45.9 Å². The molecule has 6 nitrogen and oxygen atoms in total. The number of halogens is 2. The highest BCUT2D eigenvalue weighted by Crippen LogP contribution is 2.21. The van der Waals surface area contributed by atoms with Crippen molar-refractivity contribution in [2.75, 3.05) is 29.7 Å². The van der Waals surface area contributed by atoms with Crippen LogP contribution in [0.3, 0.4) is 0 Å². The summed E-state index contributed by atoms with van der Waals surface area (Å²) in [7, 11) is 0. The molecule has 0 saturated carbocycles. The van der Waals surface area contributed by atoms with Gasteiger partial charge in [-0.3, -0.25) is 10.0 Å². The van der Waals surface area contributed by atoms with Gasteiger partial charge in [-0.1, -0.05) is 12.8 Å². The Balaban J connectivity index is 1.87. The molecule has 0 saturated heterocycles. The van der Waals surface area contributed by atoms with Gasteiger partial charge in [-0.15, -0.1) is 23.2 Å². The minimum absolute atomic E-state index is 0.324. The van der Waals surface area contributed by atoms with Crippen molar-refractivity contribution < 1.29 is 10.0 Å². The van der Waals surface area contributed by atoms with E-state index < -0.39 is 0 Å². The van der Waals surface area contributed by atoms with Gasteiger partial charge >= 0.3 is 0 Å². The smallest absolute Gasteiger partial charge is 0.243 e. The van der Waals surface area contributed by atoms with Crippen molar-refractivity contribution in [3.63, 3.8) is 0 Å². The van der Waals surface area contributed by atoms with E-state index in [0.29, 0.717) is 18.2 Å². The summed E-state index contributed by atoms with van der Waals surface area (Å²) in [4.78, 5) is 21.1. The Hall–Kier alpha value is -1.50. The average Bonchev–Trinajstić information content (AvgIpc) is 3.06. The van der Waals surface area contributed by atoms with Gasteiger partial charge < -0.3 is 9.88 Å². The van der Waals surface area contributed by atoms with Gasteiger partial charge in [0.15, 0.2) is 0 Å². The number of nitrogens with zero attached hydrogens (tertiary/aromatic N) is 2. The van der Waals surface area contributed by atoms with Gasteiger partial charge in [0.05, 0.1) is 11.0 Å². The van der Waals surface area contributed by atoms with E-state index in [1.54, 1.807) is 5.48 Å². The first kappa shape index (κ1) is 20.8. The molecule has 0 unspecified atom stereocenters. The summed E-state index contributed by atoms with van der Waals surface area (Å²) in [6.45, 7) is 1.52. The lowest BCUT2D eigenvalue weighted by Gasteiger charge is -2.22. The first-order valence-electron chi connectivity index (χ1n) is 8.96. The third kappa shape index (κ3) is 6.34. The number of aryl methyl sites for hydroxylation is 1. The van der Waals surface area contributed by atoms with Gasteiger partial charge in [-0.2, -0.15) is 0 Å². The molecule has 0 aliphatic carbocycles. The van der Waals surface area contributed by atoms with E-state index in [-0.39, 0.29) is 5.91 Å². The van der Waals surface area contributed by atoms with E-state index in [4.69, 9.17) is 28.4 Å². The predicted octanol–water partition coefficient (Wildman–Crippen LogP) is 3.85. The van der Waals surface area contributed by atoms with Crippen LogP contribution in [-0.2, 0) is 11.2 Å². The monoisotopic (exact) mass is 400 g/mol. The second-order valence-corrected chi connectivity index (χ2v) is 6.96. The van der Waals surface area contributed by atoms with Crippen molar-refractivity contribution in [2.24, 2.45) is 0 Å². The summed E-state index contributed by atoms with van der Waals surface area (Å²) in [6, 6.07) is 6.17. The Morgan fingerprint density at radius 2 is 1.88 bits per heavy atom. The second-order valence-electron chi connectivity index (χ2n) is 6.20. The van der Waals surface area contributed by atoms with Crippen LogP contribution < -0.4 is 10.4 Å².